The topological polar surface area (TPSA) is 80.3 Å². The molecule has 90 valence electrons. The van der Waals surface area contributed by atoms with E-state index in [1.807, 2.05) is 0 Å². The van der Waals surface area contributed by atoms with E-state index < -0.39 is 19.1 Å². The molecule has 0 saturated heterocycles. The van der Waals surface area contributed by atoms with Crippen LogP contribution in [0.25, 0.3) is 0 Å². The molecule has 1 aromatic rings. The van der Waals surface area contributed by atoms with E-state index >= 15 is 0 Å². The maximum atomic E-state index is 11.5. The molecule has 0 unspecified atom stereocenters. The second kappa shape index (κ2) is 4.33. The van der Waals surface area contributed by atoms with Gasteiger partial charge < -0.3 is 0 Å². The maximum absolute atomic E-state index is 11.5. The Hall–Kier alpha value is -0.630. The molecule has 16 heavy (non-hydrogen) atoms. The third-order valence-electron chi connectivity index (χ3n) is 1.99. The number of aryl methyl sites for hydroxylation is 1. The lowest BCUT2D eigenvalue weighted by Gasteiger charge is -2.07. The first kappa shape index (κ1) is 13.4. The van der Waals surface area contributed by atoms with Crippen LogP contribution in [0.15, 0.2) is 28.0 Å². The van der Waals surface area contributed by atoms with Gasteiger partial charge in [0.25, 0.3) is 9.05 Å². The molecule has 0 saturated carbocycles. The standard InChI is InChI=1S/C8H10ClNO4S2/c1-6-5-7(15(9,11)12)3-4-8(6)16(13,14)10-2/h3-5,10H,1-2H3. The summed E-state index contributed by atoms with van der Waals surface area (Å²) >= 11 is 0. The molecule has 0 bridgehead atoms. The van der Waals surface area contributed by atoms with Crippen LogP contribution in [-0.2, 0) is 19.1 Å². The average Bonchev–Trinajstić information content (AvgIpc) is 2.16. The summed E-state index contributed by atoms with van der Waals surface area (Å²) < 4.78 is 47.2. The lowest BCUT2D eigenvalue weighted by molar-refractivity contribution is 0.587. The van der Waals surface area contributed by atoms with Crippen LogP contribution in [0.1, 0.15) is 5.56 Å². The highest BCUT2D eigenvalue weighted by Gasteiger charge is 2.17. The van der Waals surface area contributed by atoms with Crippen LogP contribution in [0.5, 0.6) is 0 Å². The number of hydrogen-bond acceptors (Lipinski definition) is 4. The average molecular weight is 284 g/mol. The van der Waals surface area contributed by atoms with Gasteiger partial charge in [0.15, 0.2) is 0 Å². The number of benzene rings is 1. The lowest BCUT2D eigenvalue weighted by Crippen LogP contribution is -2.19. The number of halogens is 1. The molecule has 1 aromatic carbocycles. The third-order valence-corrected chi connectivity index (χ3v) is 4.91. The molecule has 5 nitrogen and oxygen atoms in total. The Kier molecular flexibility index (Phi) is 3.63. The Balaban J connectivity index is 3.43. The first-order valence-corrected chi connectivity index (χ1v) is 7.96. The van der Waals surface area contributed by atoms with E-state index in [4.69, 9.17) is 10.7 Å². The van der Waals surface area contributed by atoms with Gasteiger partial charge in [0, 0.05) is 10.7 Å². The van der Waals surface area contributed by atoms with Gasteiger partial charge in [-0.25, -0.2) is 21.6 Å². The van der Waals surface area contributed by atoms with Crippen molar-refractivity contribution >= 4 is 29.8 Å². The fraction of sp³-hybridized carbons (Fsp3) is 0.250. The van der Waals surface area contributed by atoms with Crippen molar-refractivity contribution in [2.24, 2.45) is 0 Å². The quantitative estimate of drug-likeness (QED) is 0.833. The lowest BCUT2D eigenvalue weighted by atomic mass is 10.2. The molecule has 0 fully saturated rings. The summed E-state index contributed by atoms with van der Waals surface area (Å²) in [6, 6.07) is 3.57. The van der Waals surface area contributed by atoms with Crippen molar-refractivity contribution < 1.29 is 16.8 Å². The van der Waals surface area contributed by atoms with Crippen LogP contribution in [0.2, 0.25) is 0 Å². The van der Waals surface area contributed by atoms with E-state index in [2.05, 4.69) is 4.72 Å². The molecule has 0 aliphatic heterocycles. The van der Waals surface area contributed by atoms with Crippen LogP contribution < -0.4 is 4.72 Å². The second-order valence-electron chi connectivity index (χ2n) is 3.07. The molecule has 0 spiro atoms. The smallest absolute Gasteiger partial charge is 0.214 e. The molecule has 0 aromatic heterocycles. The van der Waals surface area contributed by atoms with Gasteiger partial charge in [-0.2, -0.15) is 0 Å². The Morgan fingerprint density at radius 3 is 2.12 bits per heavy atom. The van der Waals surface area contributed by atoms with E-state index in [0.29, 0.717) is 5.56 Å². The van der Waals surface area contributed by atoms with Gasteiger partial charge in [0.05, 0.1) is 9.79 Å². The number of sulfonamides is 1. The summed E-state index contributed by atoms with van der Waals surface area (Å²) in [5.41, 5.74) is 0.316. The third kappa shape index (κ3) is 2.73. The van der Waals surface area contributed by atoms with E-state index in [9.17, 15) is 16.8 Å². The highest BCUT2D eigenvalue weighted by Crippen LogP contribution is 2.21. The van der Waals surface area contributed by atoms with E-state index in [1.165, 1.54) is 26.1 Å². The highest BCUT2D eigenvalue weighted by molar-refractivity contribution is 8.13. The minimum absolute atomic E-state index is 0.0269. The van der Waals surface area contributed by atoms with Crippen molar-refractivity contribution in [2.45, 2.75) is 16.7 Å². The zero-order valence-corrected chi connectivity index (χ0v) is 10.9. The van der Waals surface area contributed by atoms with Crippen molar-refractivity contribution in [2.75, 3.05) is 7.05 Å². The number of nitrogens with one attached hydrogen (secondary N) is 1. The molecule has 0 aliphatic carbocycles. The fourth-order valence-electron chi connectivity index (χ4n) is 1.19. The molecule has 0 heterocycles. The van der Waals surface area contributed by atoms with Crippen molar-refractivity contribution in [1.29, 1.82) is 0 Å². The van der Waals surface area contributed by atoms with E-state index in [1.54, 1.807) is 0 Å². The Morgan fingerprint density at radius 2 is 1.75 bits per heavy atom. The summed E-state index contributed by atoms with van der Waals surface area (Å²) in [5.74, 6) is 0. The van der Waals surface area contributed by atoms with Crippen molar-refractivity contribution in [3.8, 4) is 0 Å². The van der Waals surface area contributed by atoms with Crippen LogP contribution in [0.4, 0.5) is 0 Å². The fourth-order valence-corrected chi connectivity index (χ4v) is 2.97. The zero-order chi connectivity index (χ0) is 12.6. The Labute approximate surface area is 98.9 Å². The normalized spacial score (nSPS) is 12.7. The van der Waals surface area contributed by atoms with Gasteiger partial charge in [-0.15, -0.1) is 0 Å². The van der Waals surface area contributed by atoms with Crippen LogP contribution in [0, 0.1) is 6.92 Å². The predicted molar refractivity (Wildman–Crippen MR) is 60.5 cm³/mol. The first-order valence-electron chi connectivity index (χ1n) is 4.17. The summed E-state index contributed by atoms with van der Waals surface area (Å²) in [7, 11) is -0.999. The summed E-state index contributed by atoms with van der Waals surface area (Å²) in [5, 5.41) is 0. The minimum atomic E-state index is -3.84. The van der Waals surface area contributed by atoms with Gasteiger partial charge in [-0.1, -0.05) is 0 Å². The Morgan fingerprint density at radius 1 is 1.19 bits per heavy atom. The Bertz CT molecular complexity index is 607. The molecule has 1 N–H and O–H groups in total. The molecule has 0 aliphatic rings. The predicted octanol–water partition coefficient (Wildman–Crippen LogP) is 0.831. The van der Waals surface area contributed by atoms with E-state index in [0.717, 1.165) is 6.07 Å². The number of hydrogen-bond donors (Lipinski definition) is 1. The largest absolute Gasteiger partial charge is 0.261 e. The summed E-state index contributed by atoms with van der Waals surface area (Å²) in [6.07, 6.45) is 0. The zero-order valence-electron chi connectivity index (χ0n) is 8.56. The van der Waals surface area contributed by atoms with Gasteiger partial charge in [-0.05, 0) is 37.7 Å². The van der Waals surface area contributed by atoms with Crippen molar-refractivity contribution in [3.05, 3.63) is 23.8 Å². The van der Waals surface area contributed by atoms with Gasteiger partial charge in [0.2, 0.25) is 10.0 Å². The maximum Gasteiger partial charge on any atom is 0.261 e. The molecular weight excluding hydrogens is 274 g/mol. The van der Waals surface area contributed by atoms with Gasteiger partial charge >= 0.3 is 0 Å². The van der Waals surface area contributed by atoms with Crippen LogP contribution in [-0.4, -0.2) is 23.9 Å². The summed E-state index contributed by atoms with van der Waals surface area (Å²) in [6.45, 7) is 1.50. The minimum Gasteiger partial charge on any atom is -0.214 e. The molecular formula is C8H10ClNO4S2. The molecule has 0 atom stereocenters. The van der Waals surface area contributed by atoms with Gasteiger partial charge in [0.1, 0.15) is 0 Å². The van der Waals surface area contributed by atoms with Crippen molar-refractivity contribution in [3.63, 3.8) is 0 Å². The number of rotatable bonds is 3. The van der Waals surface area contributed by atoms with Crippen LogP contribution in [0.3, 0.4) is 0 Å². The molecule has 0 amide bonds. The molecule has 0 radical (unpaired) electrons. The highest BCUT2D eigenvalue weighted by atomic mass is 35.7. The molecule has 8 heteroatoms. The van der Waals surface area contributed by atoms with Crippen LogP contribution >= 0.6 is 10.7 Å². The van der Waals surface area contributed by atoms with Crippen molar-refractivity contribution in [1.82, 2.24) is 4.72 Å². The van der Waals surface area contributed by atoms with E-state index in [-0.39, 0.29) is 9.79 Å². The second-order valence-corrected chi connectivity index (χ2v) is 7.49. The monoisotopic (exact) mass is 283 g/mol. The summed E-state index contributed by atoms with van der Waals surface area (Å²) in [4.78, 5) is -0.0965. The molecule has 1 rings (SSSR count). The van der Waals surface area contributed by atoms with Gasteiger partial charge in [-0.3, -0.25) is 0 Å². The SMILES string of the molecule is CNS(=O)(=O)c1ccc(S(=O)(=O)Cl)cc1C. The first-order chi connectivity index (χ1) is 7.18.